The highest BCUT2D eigenvalue weighted by Gasteiger charge is 2.39. The summed E-state index contributed by atoms with van der Waals surface area (Å²) in [6.07, 6.45) is 3.93. The van der Waals surface area contributed by atoms with Crippen LogP contribution in [0.3, 0.4) is 0 Å². The molecule has 0 spiro atoms. The summed E-state index contributed by atoms with van der Waals surface area (Å²) in [6, 6.07) is 16.5. The monoisotopic (exact) mass is 880 g/mol. The van der Waals surface area contributed by atoms with Crippen LogP contribution in [0.5, 0.6) is 5.75 Å². The van der Waals surface area contributed by atoms with Crippen LogP contribution in [-0.2, 0) is 36.3 Å². The molecule has 2 fully saturated rings. The van der Waals surface area contributed by atoms with Crippen molar-refractivity contribution in [1.29, 1.82) is 0 Å². The number of carbonyl (C=O) groups excluding carboxylic acids is 3. The number of anilines is 5. The van der Waals surface area contributed by atoms with Gasteiger partial charge in [0.1, 0.15) is 16.8 Å². The first-order valence-corrected chi connectivity index (χ1v) is 21.1. The van der Waals surface area contributed by atoms with Gasteiger partial charge in [-0.2, -0.15) is 4.98 Å². The molecule has 0 aliphatic carbocycles. The van der Waals surface area contributed by atoms with Crippen molar-refractivity contribution in [3.63, 3.8) is 0 Å². The van der Waals surface area contributed by atoms with Crippen LogP contribution in [0.2, 0.25) is 5.02 Å². The second kappa shape index (κ2) is 17.1. The highest BCUT2D eigenvalue weighted by atomic mass is 79.9. The van der Waals surface area contributed by atoms with E-state index >= 15 is 0 Å². The molecule has 7 rings (SSSR count). The molecule has 18 heteroatoms. The zero-order valence-electron chi connectivity index (χ0n) is 31.9. The molecule has 57 heavy (non-hydrogen) atoms. The number of amides is 3. The van der Waals surface area contributed by atoms with E-state index < -0.39 is 19.5 Å². The van der Waals surface area contributed by atoms with Crippen LogP contribution in [-0.4, -0.2) is 91.0 Å². The third-order valence-corrected chi connectivity index (χ3v) is 13.6. The molecular formula is C39H43BrClN8O7P. The lowest BCUT2D eigenvalue weighted by Crippen LogP contribution is -2.52. The normalized spacial score (nSPS) is 17.5. The number of imide groups is 1. The number of hydrogen-bond acceptors (Lipinski definition) is 13. The number of nitrogens with zero attached hydrogens (tertiary/aromatic N) is 5. The fourth-order valence-corrected chi connectivity index (χ4v) is 9.40. The van der Waals surface area contributed by atoms with Crippen LogP contribution in [0.1, 0.15) is 47.2 Å². The number of ether oxygens (including phenoxy) is 1. The van der Waals surface area contributed by atoms with Gasteiger partial charge in [0, 0.05) is 74.7 Å². The van der Waals surface area contributed by atoms with Crippen molar-refractivity contribution in [3.05, 3.63) is 87.0 Å². The van der Waals surface area contributed by atoms with Crippen LogP contribution in [0, 0.1) is 0 Å². The van der Waals surface area contributed by atoms with Gasteiger partial charge in [0.2, 0.25) is 17.8 Å². The maximum atomic E-state index is 13.3. The van der Waals surface area contributed by atoms with Gasteiger partial charge in [-0.3, -0.25) is 29.2 Å². The van der Waals surface area contributed by atoms with Crippen molar-refractivity contribution in [1.82, 2.24) is 25.1 Å². The molecule has 0 saturated carbocycles. The Labute approximate surface area is 344 Å². The fourth-order valence-electron chi connectivity index (χ4n) is 7.56. The fraction of sp³-hybridized carbons (Fsp3) is 0.359. The average Bonchev–Trinajstić information content (AvgIpc) is 3.53. The van der Waals surface area contributed by atoms with E-state index in [2.05, 4.69) is 64.8 Å². The summed E-state index contributed by atoms with van der Waals surface area (Å²) in [5, 5.41) is 9.33. The minimum atomic E-state index is -3.57. The van der Waals surface area contributed by atoms with E-state index in [1.165, 1.54) is 20.4 Å². The number of aromatic nitrogens is 2. The molecular weight excluding hydrogens is 839 g/mol. The first kappa shape index (κ1) is 40.6. The van der Waals surface area contributed by atoms with E-state index in [1.807, 2.05) is 24.3 Å². The number of benzene rings is 3. The summed E-state index contributed by atoms with van der Waals surface area (Å²) in [7, 11) is 2.82. The molecule has 15 nitrogen and oxygen atoms in total. The maximum Gasteiger partial charge on any atom is 0.362 e. The number of rotatable bonds is 13. The largest absolute Gasteiger partial charge is 0.494 e. The number of nitrogens with one attached hydrogen (secondary N) is 3. The number of fused-ring (bicyclic) bond motifs is 1. The molecule has 3 amide bonds. The van der Waals surface area contributed by atoms with E-state index in [0.717, 1.165) is 47.2 Å². The summed E-state index contributed by atoms with van der Waals surface area (Å²) in [4.78, 5) is 52.6. The van der Waals surface area contributed by atoms with Crippen LogP contribution >= 0.6 is 35.1 Å². The Morgan fingerprint density at radius 2 is 1.75 bits per heavy atom. The molecule has 0 radical (unpaired) electrons. The van der Waals surface area contributed by atoms with Gasteiger partial charge in [0.15, 0.2) is 5.82 Å². The number of methoxy groups -OCH3 is 1. The highest BCUT2D eigenvalue weighted by molar-refractivity contribution is 9.10. The third-order valence-electron chi connectivity index (χ3n) is 10.7. The first-order chi connectivity index (χ1) is 27.4. The lowest BCUT2D eigenvalue weighted by Gasteiger charge is -2.38. The molecule has 2 saturated heterocycles. The van der Waals surface area contributed by atoms with Crippen molar-refractivity contribution in [3.8, 4) is 5.75 Å². The zero-order valence-corrected chi connectivity index (χ0v) is 35.1. The molecule has 4 aromatic rings. The van der Waals surface area contributed by atoms with Crippen LogP contribution in [0.15, 0.2) is 65.3 Å². The summed E-state index contributed by atoms with van der Waals surface area (Å²) < 4.78 is 30.2. The number of carbonyl (C=O) groups is 3. The summed E-state index contributed by atoms with van der Waals surface area (Å²) in [5.74, 6) is 0.274. The predicted molar refractivity (Wildman–Crippen MR) is 221 cm³/mol. The summed E-state index contributed by atoms with van der Waals surface area (Å²) in [5.41, 5.74) is 4.70. The Morgan fingerprint density at radius 1 is 1.00 bits per heavy atom. The molecule has 300 valence electrons. The lowest BCUT2D eigenvalue weighted by atomic mass is 10.0. The Balaban J connectivity index is 0.972. The van der Waals surface area contributed by atoms with Crippen LogP contribution < -0.4 is 30.9 Å². The van der Waals surface area contributed by atoms with Crippen molar-refractivity contribution < 1.29 is 32.7 Å². The minimum absolute atomic E-state index is 0.184. The second-order valence-electron chi connectivity index (χ2n) is 14.0. The molecule has 1 atom stereocenters. The van der Waals surface area contributed by atoms with E-state index in [4.69, 9.17) is 25.4 Å². The van der Waals surface area contributed by atoms with Gasteiger partial charge >= 0.3 is 7.60 Å². The quantitative estimate of drug-likeness (QED) is 0.100. The number of hydrogen-bond donors (Lipinski definition) is 3. The zero-order chi connectivity index (χ0) is 40.4. The minimum Gasteiger partial charge on any atom is -0.494 e. The van der Waals surface area contributed by atoms with Crippen LogP contribution in [0.25, 0.3) is 0 Å². The van der Waals surface area contributed by atoms with Gasteiger partial charge in [0.25, 0.3) is 5.91 Å². The summed E-state index contributed by atoms with van der Waals surface area (Å²) >= 11 is 10.2. The van der Waals surface area contributed by atoms with Gasteiger partial charge in [-0.25, -0.2) is 4.98 Å². The first-order valence-electron chi connectivity index (χ1n) is 18.4. The Bertz CT molecular complexity index is 2250. The Hall–Kier alpha value is -4.57. The average molecular weight is 882 g/mol. The summed E-state index contributed by atoms with van der Waals surface area (Å²) in [6.45, 7) is 2.73. The van der Waals surface area contributed by atoms with Gasteiger partial charge in [0.05, 0.1) is 30.0 Å². The van der Waals surface area contributed by atoms with Gasteiger partial charge in [-0.1, -0.05) is 45.7 Å². The number of para-hydroxylation sites is 1. The number of halogens is 2. The molecule has 3 aliphatic heterocycles. The second-order valence-corrected chi connectivity index (χ2v) is 17.5. The van der Waals surface area contributed by atoms with Gasteiger partial charge < -0.3 is 34.2 Å². The van der Waals surface area contributed by atoms with E-state index in [9.17, 15) is 18.9 Å². The van der Waals surface area contributed by atoms with Crippen molar-refractivity contribution in [2.45, 2.75) is 50.9 Å². The molecule has 1 aromatic heterocycles. The molecule has 0 bridgehead atoms. The van der Waals surface area contributed by atoms with Crippen molar-refractivity contribution in [2.24, 2.45) is 0 Å². The van der Waals surface area contributed by atoms with E-state index in [1.54, 1.807) is 36.3 Å². The SMILES string of the molecule is COc1cc(N2CCC(N(C)Cc3cc4c(cc3Br)C(=O)N(C3CCC(=O)NC3=O)C4)CC2)ccc1Nc1ncc(Cl)c(Nc2ccccc2P(=O)(OC)OC)n1. The third kappa shape index (κ3) is 8.52. The molecule has 4 heterocycles. The van der Waals surface area contributed by atoms with Crippen molar-refractivity contribution in [2.75, 3.05) is 57.0 Å². The van der Waals surface area contributed by atoms with E-state index in [0.29, 0.717) is 59.4 Å². The van der Waals surface area contributed by atoms with Gasteiger partial charge in [-0.05, 0) is 67.8 Å². The maximum absolute atomic E-state index is 13.3. The van der Waals surface area contributed by atoms with Crippen LogP contribution in [0.4, 0.5) is 28.8 Å². The Morgan fingerprint density at radius 3 is 2.47 bits per heavy atom. The predicted octanol–water partition coefficient (Wildman–Crippen LogP) is 6.36. The smallest absolute Gasteiger partial charge is 0.362 e. The molecule has 3 aliphatic rings. The van der Waals surface area contributed by atoms with Crippen molar-refractivity contribution >= 4 is 87.0 Å². The highest BCUT2D eigenvalue weighted by Crippen LogP contribution is 2.47. The molecule has 3 N–H and O–H groups in total. The standard InChI is InChI=1S/C39H43BrClN8O7P/c1-47(21-24-17-23-22-49(38(52)27(23)19-28(24)40)32-11-12-35(50)45-37(32)51)25-13-15-48(16-14-25)26-9-10-30(33(18-26)54-2)44-39-42-20-29(41)36(46-39)43-31-7-5-6-8-34(31)57(53,55-3)56-4/h5-10,17-20,25,32H,11-16,21-22H2,1-4H3,(H,45,50,51)(H2,42,43,44,46). The van der Waals surface area contributed by atoms with Gasteiger partial charge in [-0.15, -0.1) is 0 Å². The number of piperidine rings is 2. The lowest BCUT2D eigenvalue weighted by molar-refractivity contribution is -0.136. The molecule has 3 aromatic carbocycles. The van der Waals surface area contributed by atoms with E-state index in [-0.39, 0.29) is 29.2 Å². The topological polar surface area (TPSA) is 168 Å². The Kier molecular flexibility index (Phi) is 12.2. The molecule has 1 unspecified atom stereocenters.